The van der Waals surface area contributed by atoms with E-state index >= 15 is 0 Å². The Kier molecular flexibility index (Phi) is 55.1. The monoisotopic (exact) mass is 472 g/mol. The molecule has 1 saturated heterocycles. The molecule has 0 radical (unpaired) electrons. The van der Waals surface area contributed by atoms with Crippen LogP contribution in [0.5, 0.6) is 0 Å². The molecule has 0 aromatic rings. The van der Waals surface area contributed by atoms with Gasteiger partial charge in [0.25, 0.3) is 0 Å². The third-order valence-corrected chi connectivity index (χ3v) is 3.89. The lowest BCUT2D eigenvalue weighted by Gasteiger charge is -2.21. The van der Waals surface area contributed by atoms with Gasteiger partial charge < -0.3 is 19.5 Å². The van der Waals surface area contributed by atoms with Crippen molar-refractivity contribution in [3.05, 3.63) is 25.3 Å². The van der Waals surface area contributed by atoms with Gasteiger partial charge in [-0.3, -0.25) is 9.59 Å². The number of thiol groups is 2. The highest BCUT2D eigenvalue weighted by molar-refractivity contribution is 7.99. The van der Waals surface area contributed by atoms with E-state index in [1.54, 1.807) is 11.8 Å². The number of hydrogen-bond donors (Lipinski definition) is 3. The van der Waals surface area contributed by atoms with Crippen LogP contribution in [0.15, 0.2) is 25.3 Å². The molecule has 10 heteroatoms. The van der Waals surface area contributed by atoms with Crippen LogP contribution in [-0.2, 0) is 24.0 Å². The molecule has 164 valence electrons. The maximum Gasteiger partial charge on any atom is 0.142 e. The summed E-state index contributed by atoms with van der Waals surface area (Å²) in [5, 5.41) is 9.12. The zero-order chi connectivity index (χ0) is 21.8. The summed E-state index contributed by atoms with van der Waals surface area (Å²) in [6.07, 6.45) is 7.78. The summed E-state index contributed by atoms with van der Waals surface area (Å²) in [4.78, 5) is 47.0. The van der Waals surface area contributed by atoms with Gasteiger partial charge in [-0.15, -0.1) is 0 Å². The third-order valence-electron chi connectivity index (χ3n) is 2.22. The molecule has 0 aromatic carbocycles. The first-order valence-electron chi connectivity index (χ1n) is 7.93. The Bertz CT molecular complexity index is 347. The summed E-state index contributed by atoms with van der Waals surface area (Å²) in [6.45, 7) is 6.22. The lowest BCUT2D eigenvalue weighted by Crippen LogP contribution is -2.28. The van der Waals surface area contributed by atoms with E-state index < -0.39 is 0 Å². The normalized spacial score (nSPS) is 15.7. The van der Waals surface area contributed by atoms with E-state index in [2.05, 4.69) is 38.4 Å². The second-order valence-corrected chi connectivity index (χ2v) is 6.38. The smallest absolute Gasteiger partial charge is 0.142 e. The Balaban J connectivity index is -0.0000000821. The van der Waals surface area contributed by atoms with Crippen LogP contribution in [0.4, 0.5) is 0 Å². The van der Waals surface area contributed by atoms with Crippen molar-refractivity contribution >= 4 is 81.9 Å². The number of aliphatic hydroxyl groups excluding tert-OH is 1. The standard InChI is InChI=1S/C6H10O2S.2C3H6OS.2C3H4O.H2S/c7-3-5-4-9-2-1-6(5)8;2*4-2-1-3-5;2*1-2-3-4;/h3,5-6,8H,1-2,4H2;2*2,5H,1,3H2;2*2-3H,1H2;1H2. The molecule has 0 spiro atoms. The molecule has 1 heterocycles. The highest BCUT2D eigenvalue weighted by Crippen LogP contribution is 2.21. The highest BCUT2D eigenvalue weighted by Gasteiger charge is 2.21. The Labute approximate surface area is 190 Å². The summed E-state index contributed by atoms with van der Waals surface area (Å²) in [7, 11) is 0. The number of allylic oxidation sites excluding steroid dienone is 2. The van der Waals surface area contributed by atoms with Gasteiger partial charge in [-0.1, -0.05) is 13.2 Å². The zero-order valence-corrected chi connectivity index (χ0v) is 19.5. The lowest BCUT2D eigenvalue weighted by atomic mass is 10.0. The van der Waals surface area contributed by atoms with Gasteiger partial charge in [0, 0.05) is 24.5 Å². The fourth-order valence-corrected chi connectivity index (χ4v) is 2.34. The van der Waals surface area contributed by atoms with Crippen molar-refractivity contribution in [2.45, 2.75) is 25.4 Å². The molecule has 1 aliphatic heterocycles. The van der Waals surface area contributed by atoms with Crippen LogP contribution in [0.1, 0.15) is 19.3 Å². The number of carbonyl (C=O) groups excluding carboxylic acids is 5. The van der Waals surface area contributed by atoms with E-state index in [1.807, 2.05) is 0 Å². The predicted molar refractivity (Wildman–Crippen MR) is 129 cm³/mol. The van der Waals surface area contributed by atoms with Crippen molar-refractivity contribution in [1.29, 1.82) is 0 Å². The molecule has 0 saturated carbocycles. The molecule has 2 unspecified atom stereocenters. The van der Waals surface area contributed by atoms with Crippen molar-refractivity contribution in [3.63, 3.8) is 0 Å². The van der Waals surface area contributed by atoms with E-state index in [1.165, 1.54) is 12.2 Å². The summed E-state index contributed by atoms with van der Waals surface area (Å²) < 4.78 is 0. The Morgan fingerprint density at radius 3 is 1.46 bits per heavy atom. The molecule has 1 rings (SSSR count). The fraction of sp³-hybridized carbons (Fsp3) is 0.500. The maximum atomic E-state index is 10.2. The van der Waals surface area contributed by atoms with Gasteiger partial charge in [0.1, 0.15) is 31.4 Å². The van der Waals surface area contributed by atoms with E-state index in [0.717, 1.165) is 36.8 Å². The molecule has 6 nitrogen and oxygen atoms in total. The minimum absolute atomic E-state index is 0. The van der Waals surface area contributed by atoms with Crippen LogP contribution in [0.2, 0.25) is 0 Å². The summed E-state index contributed by atoms with van der Waals surface area (Å²) in [6, 6.07) is 0. The van der Waals surface area contributed by atoms with Crippen LogP contribution >= 0.6 is 50.5 Å². The number of aldehydes is 5. The largest absolute Gasteiger partial charge is 0.392 e. The molecule has 1 aliphatic rings. The van der Waals surface area contributed by atoms with Crippen LogP contribution in [0.3, 0.4) is 0 Å². The Morgan fingerprint density at radius 2 is 1.32 bits per heavy atom. The summed E-state index contributed by atoms with van der Waals surface area (Å²) in [5.74, 6) is 3.02. The van der Waals surface area contributed by atoms with Crippen molar-refractivity contribution in [3.8, 4) is 0 Å². The van der Waals surface area contributed by atoms with Gasteiger partial charge in [0.05, 0.1) is 6.10 Å². The fourth-order valence-electron chi connectivity index (χ4n) is 0.984. The summed E-state index contributed by atoms with van der Waals surface area (Å²) in [5.41, 5.74) is 0. The SMILES string of the molecule is C=CC=O.C=CC=O.O=CC1CSCCC1O.O=CCCS.O=CCCS.S. The van der Waals surface area contributed by atoms with Crippen molar-refractivity contribution in [2.75, 3.05) is 23.0 Å². The Hall–Kier alpha value is -0.810. The average molecular weight is 473 g/mol. The first-order valence-corrected chi connectivity index (χ1v) is 10.3. The first kappa shape index (κ1) is 37.9. The van der Waals surface area contributed by atoms with E-state index in [-0.39, 0.29) is 25.5 Å². The van der Waals surface area contributed by atoms with Crippen LogP contribution < -0.4 is 0 Å². The number of hydrogen-bond acceptors (Lipinski definition) is 9. The van der Waals surface area contributed by atoms with Gasteiger partial charge in [-0.2, -0.15) is 50.5 Å². The molecule has 0 amide bonds. The molecule has 2 atom stereocenters. The lowest BCUT2D eigenvalue weighted by molar-refractivity contribution is -0.113. The maximum absolute atomic E-state index is 10.2. The van der Waals surface area contributed by atoms with Gasteiger partial charge in [-0.05, 0) is 35.8 Å². The van der Waals surface area contributed by atoms with Gasteiger partial charge >= 0.3 is 0 Å². The van der Waals surface area contributed by atoms with E-state index in [0.29, 0.717) is 36.9 Å². The van der Waals surface area contributed by atoms with E-state index in [4.69, 9.17) is 14.7 Å². The molecule has 1 N–H and O–H groups in total. The van der Waals surface area contributed by atoms with Crippen molar-refractivity contribution in [2.24, 2.45) is 5.92 Å². The molecule has 28 heavy (non-hydrogen) atoms. The summed E-state index contributed by atoms with van der Waals surface area (Å²) >= 11 is 9.28. The van der Waals surface area contributed by atoms with Gasteiger partial charge in [-0.25, -0.2) is 0 Å². The highest BCUT2D eigenvalue weighted by atomic mass is 32.2. The average Bonchev–Trinajstić information content (AvgIpc) is 2.71. The first-order chi connectivity index (χ1) is 13.0. The molecule has 0 bridgehead atoms. The van der Waals surface area contributed by atoms with Crippen molar-refractivity contribution in [1.82, 2.24) is 0 Å². The number of carbonyl (C=O) groups is 5. The molecular formula is C18H32O6S4. The van der Waals surface area contributed by atoms with Crippen molar-refractivity contribution < 1.29 is 29.1 Å². The number of rotatable bonds is 7. The Morgan fingerprint density at radius 1 is 0.929 bits per heavy atom. The third kappa shape index (κ3) is 44.5. The van der Waals surface area contributed by atoms with Gasteiger partial charge in [0.15, 0.2) is 0 Å². The van der Waals surface area contributed by atoms with E-state index in [9.17, 15) is 14.4 Å². The van der Waals surface area contributed by atoms with Gasteiger partial charge in [0.2, 0.25) is 0 Å². The minimum atomic E-state index is -0.372. The van der Waals surface area contributed by atoms with Crippen LogP contribution in [0, 0.1) is 5.92 Å². The predicted octanol–water partition coefficient (Wildman–Crippen LogP) is 2.17. The second-order valence-electron chi connectivity index (χ2n) is 4.33. The minimum Gasteiger partial charge on any atom is -0.392 e. The van der Waals surface area contributed by atoms with Crippen LogP contribution in [0.25, 0.3) is 0 Å². The van der Waals surface area contributed by atoms with Crippen LogP contribution in [-0.4, -0.2) is 65.7 Å². The molecule has 0 aliphatic carbocycles. The molecule has 0 aromatic heterocycles. The zero-order valence-electron chi connectivity index (χ0n) is 15.9. The second kappa shape index (κ2) is 40.8. The number of thioether (sulfide) groups is 1. The number of aliphatic hydroxyl groups is 1. The topological polar surface area (TPSA) is 106 Å². The quantitative estimate of drug-likeness (QED) is 0.296. The molecule has 1 fully saturated rings. The molecular weight excluding hydrogens is 440 g/mol.